The van der Waals surface area contributed by atoms with Crippen LogP contribution in [0.2, 0.25) is 0 Å². The molecule has 4 saturated carbocycles. The lowest BCUT2D eigenvalue weighted by molar-refractivity contribution is -0.162. The van der Waals surface area contributed by atoms with Crippen LogP contribution in [0.15, 0.2) is 18.2 Å². The molecule has 9 heteroatoms. The maximum atomic E-state index is 10.9. The van der Waals surface area contributed by atoms with Gasteiger partial charge in [-0.05, 0) is 83.4 Å². The van der Waals surface area contributed by atoms with Gasteiger partial charge in [-0.1, -0.05) is 12.1 Å². The van der Waals surface area contributed by atoms with Gasteiger partial charge in [0.1, 0.15) is 6.42 Å². The molecule has 9 nitrogen and oxygen atoms in total. The van der Waals surface area contributed by atoms with Gasteiger partial charge in [-0.3, -0.25) is 4.79 Å². The SMILES string of the molecule is Nc1cc(CNCC23CC4CC(CC(O)(C4)C2)C3)ccc1Cn1nnnc1CC(=O)O. The Hall–Kier alpha value is -2.52. The van der Waals surface area contributed by atoms with E-state index in [1.54, 1.807) is 0 Å². The second-order valence-corrected chi connectivity index (χ2v) is 10.1. The highest BCUT2D eigenvalue weighted by atomic mass is 16.4. The number of aromatic nitrogens is 4. The first-order chi connectivity index (χ1) is 14.8. The van der Waals surface area contributed by atoms with Crippen molar-refractivity contribution < 1.29 is 15.0 Å². The number of tetrazole rings is 1. The predicted octanol–water partition coefficient (Wildman–Crippen LogP) is 1.35. The van der Waals surface area contributed by atoms with Crippen molar-refractivity contribution in [1.29, 1.82) is 0 Å². The first-order valence-electron chi connectivity index (χ1n) is 11.1. The van der Waals surface area contributed by atoms with Gasteiger partial charge in [0.2, 0.25) is 0 Å². The van der Waals surface area contributed by atoms with Gasteiger partial charge >= 0.3 is 5.97 Å². The van der Waals surface area contributed by atoms with Crippen LogP contribution in [0.5, 0.6) is 0 Å². The molecular weight excluding hydrogens is 396 g/mol. The summed E-state index contributed by atoms with van der Waals surface area (Å²) in [6.45, 7) is 2.00. The monoisotopic (exact) mass is 426 g/mol. The van der Waals surface area contributed by atoms with Crippen LogP contribution in [-0.4, -0.2) is 48.5 Å². The molecule has 31 heavy (non-hydrogen) atoms. The van der Waals surface area contributed by atoms with Crippen molar-refractivity contribution in [1.82, 2.24) is 25.5 Å². The minimum atomic E-state index is -0.975. The second kappa shape index (κ2) is 7.56. The molecular formula is C22H30N6O3. The minimum Gasteiger partial charge on any atom is -0.481 e. The number of rotatable bonds is 8. The number of carboxylic acids is 1. The quantitative estimate of drug-likeness (QED) is 0.464. The fraction of sp³-hybridized carbons (Fsp3) is 0.636. The molecule has 0 saturated heterocycles. The average Bonchev–Trinajstić information content (AvgIpc) is 3.07. The Kier molecular flexibility index (Phi) is 4.97. The van der Waals surface area contributed by atoms with E-state index < -0.39 is 11.6 Å². The zero-order chi connectivity index (χ0) is 21.6. The van der Waals surface area contributed by atoms with E-state index in [-0.39, 0.29) is 11.8 Å². The summed E-state index contributed by atoms with van der Waals surface area (Å²) in [6, 6.07) is 5.94. The van der Waals surface area contributed by atoms with Gasteiger partial charge in [-0.25, -0.2) is 4.68 Å². The topological polar surface area (TPSA) is 139 Å². The summed E-state index contributed by atoms with van der Waals surface area (Å²) < 4.78 is 1.47. The number of carbonyl (C=O) groups is 1. The molecule has 2 aromatic rings. The summed E-state index contributed by atoms with van der Waals surface area (Å²) in [5.41, 5.74) is 8.68. The van der Waals surface area contributed by atoms with Crippen molar-refractivity contribution in [2.75, 3.05) is 12.3 Å². The third-order valence-electron chi connectivity index (χ3n) is 7.43. The highest BCUT2D eigenvalue weighted by Gasteiger charge is 2.56. The molecule has 0 amide bonds. The summed E-state index contributed by atoms with van der Waals surface area (Å²) in [7, 11) is 0. The largest absolute Gasteiger partial charge is 0.481 e. The number of nitrogens with zero attached hydrogens (tertiary/aromatic N) is 4. The van der Waals surface area contributed by atoms with E-state index in [2.05, 4.69) is 20.8 Å². The lowest BCUT2D eigenvalue weighted by atomic mass is 9.48. The molecule has 166 valence electrons. The van der Waals surface area contributed by atoms with Crippen molar-refractivity contribution in [3.63, 3.8) is 0 Å². The maximum Gasteiger partial charge on any atom is 0.311 e. The van der Waals surface area contributed by atoms with Crippen LogP contribution in [0.3, 0.4) is 0 Å². The molecule has 4 aliphatic rings. The Balaban J connectivity index is 1.20. The molecule has 0 spiro atoms. The molecule has 1 heterocycles. The first-order valence-corrected chi connectivity index (χ1v) is 11.1. The Morgan fingerprint density at radius 1 is 1.26 bits per heavy atom. The van der Waals surface area contributed by atoms with Crippen LogP contribution >= 0.6 is 0 Å². The molecule has 6 rings (SSSR count). The standard InChI is InChI=1S/C22H30N6O3/c23-18-4-14(1-2-17(18)11-28-19(5-20(29)30)25-26-27-28)10-24-13-21-6-15-3-16(7-21)9-22(31,8-15)12-21/h1-2,4,15-16,24,31H,3,5-13,23H2,(H,29,30). The predicted molar refractivity (Wildman–Crippen MR) is 113 cm³/mol. The highest BCUT2D eigenvalue weighted by Crippen LogP contribution is 2.61. The molecule has 1 aromatic heterocycles. The van der Waals surface area contributed by atoms with Crippen LogP contribution in [0, 0.1) is 17.3 Å². The first kappa shape index (κ1) is 20.4. The van der Waals surface area contributed by atoms with E-state index in [1.165, 1.54) is 23.9 Å². The number of aliphatic hydroxyl groups is 1. The molecule has 2 unspecified atom stereocenters. The summed E-state index contributed by atoms with van der Waals surface area (Å²) in [6.07, 6.45) is 6.49. The summed E-state index contributed by atoms with van der Waals surface area (Å²) >= 11 is 0. The van der Waals surface area contributed by atoms with Crippen LogP contribution < -0.4 is 11.1 Å². The smallest absolute Gasteiger partial charge is 0.311 e. The van der Waals surface area contributed by atoms with Crippen molar-refractivity contribution in [2.45, 2.75) is 63.6 Å². The summed E-state index contributed by atoms with van der Waals surface area (Å²) in [5, 5.41) is 34.8. The number of hydrogen-bond acceptors (Lipinski definition) is 7. The molecule has 4 bridgehead atoms. The van der Waals surface area contributed by atoms with Gasteiger partial charge in [0.05, 0.1) is 12.1 Å². The fourth-order valence-electron chi connectivity index (χ4n) is 6.75. The number of nitrogens with two attached hydrogens (primary N) is 1. The molecule has 4 fully saturated rings. The van der Waals surface area contributed by atoms with Gasteiger partial charge in [0.25, 0.3) is 0 Å². The highest BCUT2D eigenvalue weighted by molar-refractivity contribution is 5.68. The van der Waals surface area contributed by atoms with Crippen LogP contribution in [0.25, 0.3) is 0 Å². The fourth-order valence-corrected chi connectivity index (χ4v) is 6.75. The van der Waals surface area contributed by atoms with Gasteiger partial charge in [0.15, 0.2) is 5.82 Å². The van der Waals surface area contributed by atoms with Crippen LogP contribution in [0.1, 0.15) is 55.5 Å². The summed E-state index contributed by atoms with van der Waals surface area (Å²) in [4.78, 5) is 10.9. The van der Waals surface area contributed by atoms with Crippen LogP contribution in [-0.2, 0) is 24.3 Å². The third kappa shape index (κ3) is 4.16. The Labute approximate surface area is 181 Å². The van der Waals surface area contributed by atoms with E-state index in [4.69, 9.17) is 10.8 Å². The molecule has 4 aliphatic carbocycles. The van der Waals surface area contributed by atoms with Crippen LogP contribution in [0.4, 0.5) is 5.69 Å². The summed E-state index contributed by atoms with van der Waals surface area (Å²) in [5.74, 6) is 0.715. The third-order valence-corrected chi connectivity index (χ3v) is 7.43. The number of nitrogens with one attached hydrogen (secondary N) is 1. The van der Waals surface area contributed by atoms with Crippen molar-refractivity contribution in [3.8, 4) is 0 Å². The van der Waals surface area contributed by atoms with E-state index in [1.807, 2.05) is 18.2 Å². The number of anilines is 1. The zero-order valence-corrected chi connectivity index (χ0v) is 17.6. The van der Waals surface area contributed by atoms with E-state index in [0.29, 0.717) is 29.9 Å². The number of aliphatic carboxylic acids is 1. The second-order valence-electron chi connectivity index (χ2n) is 10.1. The normalized spacial score (nSPS) is 31.3. The molecule has 2 atom stereocenters. The molecule has 0 aliphatic heterocycles. The number of benzene rings is 1. The lowest BCUT2D eigenvalue weighted by Gasteiger charge is -2.60. The molecule has 0 radical (unpaired) electrons. The van der Waals surface area contributed by atoms with E-state index in [9.17, 15) is 9.90 Å². The average molecular weight is 427 g/mol. The van der Waals surface area contributed by atoms with Gasteiger partial charge in [-0.15, -0.1) is 5.10 Å². The molecule has 5 N–H and O–H groups in total. The van der Waals surface area contributed by atoms with Crippen molar-refractivity contribution >= 4 is 11.7 Å². The van der Waals surface area contributed by atoms with Gasteiger partial charge in [0, 0.05) is 18.8 Å². The Morgan fingerprint density at radius 2 is 2.03 bits per heavy atom. The van der Waals surface area contributed by atoms with Crippen molar-refractivity contribution in [2.24, 2.45) is 17.3 Å². The molecule has 1 aromatic carbocycles. The number of hydrogen-bond donors (Lipinski definition) is 4. The lowest BCUT2D eigenvalue weighted by Crippen LogP contribution is -2.58. The van der Waals surface area contributed by atoms with Crippen molar-refractivity contribution in [3.05, 3.63) is 35.2 Å². The maximum absolute atomic E-state index is 10.9. The Morgan fingerprint density at radius 3 is 2.71 bits per heavy atom. The Bertz CT molecular complexity index is 975. The van der Waals surface area contributed by atoms with Gasteiger partial charge < -0.3 is 21.3 Å². The van der Waals surface area contributed by atoms with E-state index in [0.717, 1.165) is 43.5 Å². The number of nitrogen functional groups attached to an aromatic ring is 1. The number of carboxylic acid groups (broad SMARTS) is 1. The zero-order valence-electron chi connectivity index (χ0n) is 17.6. The van der Waals surface area contributed by atoms with Gasteiger partial charge in [-0.2, -0.15) is 0 Å². The van der Waals surface area contributed by atoms with E-state index >= 15 is 0 Å². The minimum absolute atomic E-state index is 0.229.